The van der Waals surface area contributed by atoms with Crippen LogP contribution in [0.1, 0.15) is 63.1 Å². The number of nitrogens with two attached hydrogens (primary N) is 1. The second kappa shape index (κ2) is 6.27. The summed E-state index contributed by atoms with van der Waals surface area (Å²) in [5.41, 5.74) is 4.02. The van der Waals surface area contributed by atoms with Crippen molar-refractivity contribution in [3.8, 4) is 0 Å². The van der Waals surface area contributed by atoms with E-state index in [1.807, 2.05) is 0 Å². The molecule has 0 saturated carbocycles. The fourth-order valence-corrected chi connectivity index (χ4v) is 2.97. The molecule has 0 amide bonds. The van der Waals surface area contributed by atoms with Gasteiger partial charge in [0.2, 0.25) is 0 Å². The van der Waals surface area contributed by atoms with E-state index in [1.54, 1.807) is 0 Å². The van der Waals surface area contributed by atoms with E-state index < -0.39 is 0 Å². The van der Waals surface area contributed by atoms with Crippen LogP contribution in [0.3, 0.4) is 0 Å². The van der Waals surface area contributed by atoms with Crippen LogP contribution in [-0.4, -0.2) is 9.59 Å². The molecule has 0 fully saturated rings. The van der Waals surface area contributed by atoms with E-state index in [4.69, 9.17) is 5.84 Å². The second-order valence-electron chi connectivity index (χ2n) is 4.40. The lowest BCUT2D eigenvalue weighted by Gasteiger charge is -2.24. The molecular formula is C11H22N4S. The minimum absolute atomic E-state index is 0.187. The fourth-order valence-electron chi connectivity index (χ4n) is 2.01. The molecule has 0 spiro atoms. The molecule has 0 aliphatic heterocycles. The van der Waals surface area contributed by atoms with E-state index in [9.17, 15) is 0 Å². The Bertz CT molecular complexity index is 307. The van der Waals surface area contributed by atoms with Crippen molar-refractivity contribution in [1.82, 2.24) is 15.0 Å². The van der Waals surface area contributed by atoms with Gasteiger partial charge < -0.3 is 0 Å². The normalized spacial score (nSPS) is 13.7. The molecule has 1 atom stereocenters. The number of hydrogen-bond donors (Lipinski definition) is 2. The van der Waals surface area contributed by atoms with E-state index in [0.717, 1.165) is 18.5 Å². The molecule has 1 aromatic rings. The maximum Gasteiger partial charge on any atom is 0.0829 e. The Morgan fingerprint density at radius 1 is 1.31 bits per heavy atom. The highest BCUT2D eigenvalue weighted by Gasteiger charge is 2.25. The topological polar surface area (TPSA) is 63.8 Å². The molecule has 16 heavy (non-hydrogen) atoms. The van der Waals surface area contributed by atoms with E-state index in [2.05, 4.69) is 42.7 Å². The molecule has 1 aromatic heterocycles. The maximum atomic E-state index is 5.69. The number of rotatable bonds is 6. The molecule has 1 rings (SSSR count). The molecule has 5 heteroatoms. The van der Waals surface area contributed by atoms with Gasteiger partial charge in [0.05, 0.1) is 16.6 Å². The molecule has 0 bridgehead atoms. The van der Waals surface area contributed by atoms with Crippen molar-refractivity contribution in [2.24, 2.45) is 11.8 Å². The third-order valence-corrected chi connectivity index (χ3v) is 3.89. The zero-order valence-corrected chi connectivity index (χ0v) is 11.3. The monoisotopic (exact) mass is 242 g/mol. The summed E-state index contributed by atoms with van der Waals surface area (Å²) in [6, 6.07) is 0.187. The summed E-state index contributed by atoms with van der Waals surface area (Å²) in [5, 5.41) is 4.21. The molecule has 92 valence electrons. The molecule has 3 N–H and O–H groups in total. The van der Waals surface area contributed by atoms with E-state index >= 15 is 0 Å². The summed E-state index contributed by atoms with van der Waals surface area (Å²) in [6.07, 6.45) is 2.22. The van der Waals surface area contributed by atoms with Gasteiger partial charge in [-0.1, -0.05) is 45.0 Å². The largest absolute Gasteiger partial charge is 0.271 e. The standard InChI is InChI=1S/C11H22N4S/c1-5-8(6-2)10(13-12)11-9(7(3)4)14-15-16-11/h7-8,10,13H,5-6,12H2,1-4H3. The van der Waals surface area contributed by atoms with Crippen LogP contribution in [0.5, 0.6) is 0 Å². The Balaban J connectivity index is 2.98. The summed E-state index contributed by atoms with van der Waals surface area (Å²) in [7, 11) is 0. The Kier molecular flexibility index (Phi) is 5.31. The number of hydrogen-bond acceptors (Lipinski definition) is 5. The average molecular weight is 242 g/mol. The third-order valence-electron chi connectivity index (χ3n) is 3.07. The van der Waals surface area contributed by atoms with Crippen LogP contribution in [0.2, 0.25) is 0 Å². The van der Waals surface area contributed by atoms with Crippen molar-refractivity contribution < 1.29 is 0 Å². The van der Waals surface area contributed by atoms with Gasteiger partial charge in [0.25, 0.3) is 0 Å². The number of nitrogens with one attached hydrogen (secondary N) is 1. The zero-order chi connectivity index (χ0) is 12.1. The van der Waals surface area contributed by atoms with Crippen LogP contribution in [-0.2, 0) is 0 Å². The predicted octanol–water partition coefficient (Wildman–Crippen LogP) is 2.60. The van der Waals surface area contributed by atoms with Crippen LogP contribution in [0.4, 0.5) is 0 Å². The van der Waals surface area contributed by atoms with Gasteiger partial charge in [0.1, 0.15) is 0 Å². The van der Waals surface area contributed by atoms with Crippen LogP contribution in [0.25, 0.3) is 0 Å². The van der Waals surface area contributed by atoms with Crippen LogP contribution in [0, 0.1) is 5.92 Å². The lowest BCUT2D eigenvalue weighted by atomic mass is 9.91. The van der Waals surface area contributed by atoms with E-state index in [1.165, 1.54) is 16.4 Å². The van der Waals surface area contributed by atoms with Gasteiger partial charge in [0, 0.05) is 0 Å². The highest BCUT2D eigenvalue weighted by Crippen LogP contribution is 2.33. The summed E-state index contributed by atoms with van der Waals surface area (Å²) < 4.78 is 4.06. The van der Waals surface area contributed by atoms with Crippen LogP contribution in [0.15, 0.2) is 0 Å². The summed E-state index contributed by atoms with van der Waals surface area (Å²) >= 11 is 1.47. The molecule has 0 saturated heterocycles. The van der Waals surface area contributed by atoms with Gasteiger partial charge in [-0.3, -0.25) is 11.3 Å². The first-order valence-electron chi connectivity index (χ1n) is 5.93. The van der Waals surface area contributed by atoms with Gasteiger partial charge in [-0.15, -0.1) is 5.10 Å². The summed E-state index contributed by atoms with van der Waals surface area (Å²) in [4.78, 5) is 1.20. The summed E-state index contributed by atoms with van der Waals surface area (Å²) in [6.45, 7) is 8.67. The Labute approximate surface area is 102 Å². The number of hydrazine groups is 1. The first-order chi connectivity index (χ1) is 7.65. The van der Waals surface area contributed by atoms with Crippen molar-refractivity contribution >= 4 is 11.5 Å². The quantitative estimate of drug-likeness (QED) is 0.594. The molecular weight excluding hydrogens is 220 g/mol. The maximum absolute atomic E-state index is 5.69. The van der Waals surface area contributed by atoms with Gasteiger partial charge in [0.15, 0.2) is 0 Å². The minimum Gasteiger partial charge on any atom is -0.271 e. The van der Waals surface area contributed by atoms with E-state index in [-0.39, 0.29) is 6.04 Å². The van der Waals surface area contributed by atoms with Gasteiger partial charge >= 0.3 is 0 Å². The molecule has 0 aromatic carbocycles. The predicted molar refractivity (Wildman–Crippen MR) is 68.1 cm³/mol. The minimum atomic E-state index is 0.187. The molecule has 1 unspecified atom stereocenters. The Morgan fingerprint density at radius 2 is 1.94 bits per heavy atom. The molecule has 1 heterocycles. The third kappa shape index (κ3) is 2.78. The molecule has 0 aliphatic carbocycles. The first kappa shape index (κ1) is 13.5. The van der Waals surface area contributed by atoms with E-state index in [0.29, 0.717) is 11.8 Å². The van der Waals surface area contributed by atoms with Gasteiger partial charge in [-0.2, -0.15) is 0 Å². The summed E-state index contributed by atoms with van der Waals surface area (Å²) in [5.74, 6) is 6.63. The number of aromatic nitrogens is 2. The van der Waals surface area contributed by atoms with Crippen molar-refractivity contribution in [3.05, 3.63) is 10.6 Å². The zero-order valence-electron chi connectivity index (χ0n) is 10.5. The highest BCUT2D eigenvalue weighted by molar-refractivity contribution is 7.05. The highest BCUT2D eigenvalue weighted by atomic mass is 32.1. The molecule has 0 aliphatic rings. The van der Waals surface area contributed by atoms with Gasteiger partial charge in [-0.05, 0) is 23.4 Å². The Hall–Kier alpha value is -0.520. The second-order valence-corrected chi connectivity index (χ2v) is 5.18. The van der Waals surface area contributed by atoms with Crippen molar-refractivity contribution in [3.63, 3.8) is 0 Å². The lowest BCUT2D eigenvalue weighted by Crippen LogP contribution is -2.33. The Morgan fingerprint density at radius 3 is 2.38 bits per heavy atom. The van der Waals surface area contributed by atoms with Crippen molar-refractivity contribution in [2.75, 3.05) is 0 Å². The van der Waals surface area contributed by atoms with Crippen molar-refractivity contribution in [1.29, 1.82) is 0 Å². The first-order valence-corrected chi connectivity index (χ1v) is 6.71. The molecule has 0 radical (unpaired) electrons. The van der Waals surface area contributed by atoms with Crippen LogP contribution < -0.4 is 11.3 Å². The SMILES string of the molecule is CCC(CC)C(NN)c1snnc1C(C)C. The van der Waals surface area contributed by atoms with Crippen LogP contribution >= 0.6 is 11.5 Å². The number of nitrogens with zero attached hydrogens (tertiary/aromatic N) is 2. The lowest BCUT2D eigenvalue weighted by molar-refractivity contribution is 0.347. The average Bonchev–Trinajstić information content (AvgIpc) is 2.74. The fraction of sp³-hybridized carbons (Fsp3) is 0.818. The van der Waals surface area contributed by atoms with Crippen molar-refractivity contribution in [2.45, 2.75) is 52.5 Å². The molecule has 4 nitrogen and oxygen atoms in total. The smallest absolute Gasteiger partial charge is 0.0829 e. The van der Waals surface area contributed by atoms with Gasteiger partial charge in [-0.25, -0.2) is 0 Å².